The normalized spacial score (nSPS) is 15.0. The summed E-state index contributed by atoms with van der Waals surface area (Å²) in [6.07, 6.45) is 0. The molecule has 0 atom stereocenters. The average Bonchev–Trinajstić information content (AvgIpc) is 2.86. The molecule has 0 saturated heterocycles. The first-order valence-electron chi connectivity index (χ1n) is 6.95. The Bertz CT molecular complexity index is 1140. The molecular formula is C14H13N4NaO6S2. The predicted molar refractivity (Wildman–Crippen MR) is 100 cm³/mol. The van der Waals surface area contributed by atoms with Crippen molar-refractivity contribution in [1.29, 1.82) is 0 Å². The number of primary sulfonamides is 1. The van der Waals surface area contributed by atoms with Crippen LogP contribution in [0.2, 0.25) is 0 Å². The van der Waals surface area contributed by atoms with E-state index in [0.717, 1.165) is 12.1 Å². The first-order chi connectivity index (χ1) is 12.1. The minimum atomic E-state index is -4.43. The fourth-order valence-corrected chi connectivity index (χ4v) is 3.27. The van der Waals surface area contributed by atoms with E-state index < -0.39 is 26.0 Å². The van der Waals surface area contributed by atoms with Crippen molar-refractivity contribution in [3.63, 3.8) is 0 Å². The van der Waals surface area contributed by atoms with Crippen LogP contribution in [0.3, 0.4) is 0 Å². The zero-order valence-corrected chi connectivity index (χ0v) is 14.5. The van der Waals surface area contributed by atoms with E-state index in [2.05, 4.69) is 15.8 Å². The van der Waals surface area contributed by atoms with Gasteiger partial charge in [0.1, 0.15) is 0 Å². The molecule has 1 heterocycles. The third-order valence-electron chi connectivity index (χ3n) is 3.49. The van der Waals surface area contributed by atoms with Gasteiger partial charge < -0.3 is 5.32 Å². The van der Waals surface area contributed by atoms with Gasteiger partial charge in [-0.2, -0.15) is 13.5 Å². The molecule has 27 heavy (non-hydrogen) atoms. The van der Waals surface area contributed by atoms with Gasteiger partial charge in [0, 0.05) is 5.56 Å². The van der Waals surface area contributed by atoms with E-state index in [4.69, 9.17) is 9.69 Å². The van der Waals surface area contributed by atoms with Crippen LogP contribution >= 0.6 is 0 Å². The van der Waals surface area contributed by atoms with Crippen molar-refractivity contribution >= 4 is 72.7 Å². The van der Waals surface area contributed by atoms with Gasteiger partial charge in [-0.15, -0.1) is 0 Å². The second-order valence-electron chi connectivity index (χ2n) is 5.28. The number of carbonyl (C=O) groups is 1. The van der Waals surface area contributed by atoms with Crippen LogP contribution in [0.15, 0.2) is 57.4 Å². The summed E-state index contributed by atoms with van der Waals surface area (Å²) in [4.78, 5) is 11.5. The number of sulfonamides is 1. The second-order valence-corrected chi connectivity index (χ2v) is 8.26. The quantitative estimate of drug-likeness (QED) is 0.299. The van der Waals surface area contributed by atoms with Gasteiger partial charge in [-0.25, -0.2) is 13.6 Å². The zero-order valence-electron chi connectivity index (χ0n) is 12.9. The van der Waals surface area contributed by atoms with E-state index in [1.165, 1.54) is 30.3 Å². The van der Waals surface area contributed by atoms with Gasteiger partial charge in [-0.1, -0.05) is 0 Å². The fraction of sp³-hybridized carbons (Fsp3) is 0. The maximum atomic E-state index is 12.0. The summed E-state index contributed by atoms with van der Waals surface area (Å²) in [7, 11) is -8.26. The molecule has 0 unspecified atom stereocenters. The predicted octanol–water partition coefficient (Wildman–Crippen LogP) is -0.299. The van der Waals surface area contributed by atoms with Crippen molar-refractivity contribution in [3.05, 3.63) is 48.0 Å². The Morgan fingerprint density at radius 3 is 2.15 bits per heavy atom. The standard InChI is InChI=1S/C14H12N4O6S2.Na.H/c15-25(20,21)9-3-1-8(2-4-9)17-18-13-11-7-10(26(22,23)24)5-6-12(11)16-14(13)19;;/h1-7,17H,(H2,15,20,21)(H,16,18,19)(H,22,23,24);;. The van der Waals surface area contributed by atoms with E-state index in [9.17, 15) is 21.6 Å². The number of hydrogen-bond donors (Lipinski definition) is 4. The number of carbonyl (C=O) groups excluding carboxylic acids is 1. The fourth-order valence-electron chi connectivity index (χ4n) is 2.24. The molecule has 1 amide bonds. The Kier molecular flexibility index (Phi) is 6.11. The van der Waals surface area contributed by atoms with E-state index >= 15 is 0 Å². The number of hydrazone groups is 1. The summed E-state index contributed by atoms with van der Waals surface area (Å²) in [6.45, 7) is 0. The molecule has 0 fully saturated rings. The molecule has 138 valence electrons. The number of fused-ring (bicyclic) bond motifs is 1. The number of rotatable bonds is 4. The molecule has 3 rings (SSSR count). The van der Waals surface area contributed by atoms with Crippen LogP contribution in [0.1, 0.15) is 5.56 Å². The molecule has 10 nitrogen and oxygen atoms in total. The van der Waals surface area contributed by atoms with Crippen LogP contribution in [0, 0.1) is 0 Å². The third kappa shape index (κ3) is 4.73. The summed E-state index contributed by atoms with van der Waals surface area (Å²) < 4.78 is 54.0. The van der Waals surface area contributed by atoms with E-state index in [-0.39, 0.29) is 50.6 Å². The molecule has 0 bridgehead atoms. The Balaban J connectivity index is 0.00000261. The Morgan fingerprint density at radius 2 is 1.59 bits per heavy atom. The second kappa shape index (κ2) is 7.67. The molecule has 0 saturated carbocycles. The van der Waals surface area contributed by atoms with Crippen molar-refractivity contribution in [3.8, 4) is 0 Å². The molecule has 0 aliphatic carbocycles. The van der Waals surface area contributed by atoms with Gasteiger partial charge in [-0.3, -0.25) is 14.8 Å². The molecule has 0 aromatic heterocycles. The van der Waals surface area contributed by atoms with Gasteiger partial charge in [0.25, 0.3) is 16.0 Å². The maximum absolute atomic E-state index is 12.0. The number of anilines is 2. The first kappa shape index (κ1) is 21.5. The SMILES string of the molecule is NS(=O)(=O)c1ccc(N/N=C2\C(=O)Nc3ccc(S(=O)(=O)O)cc32)cc1.[NaH]. The van der Waals surface area contributed by atoms with Gasteiger partial charge in [0.2, 0.25) is 10.0 Å². The number of nitrogens with zero attached hydrogens (tertiary/aromatic N) is 1. The van der Waals surface area contributed by atoms with E-state index in [1.807, 2.05) is 0 Å². The number of nitrogens with two attached hydrogens (primary N) is 1. The number of hydrogen-bond acceptors (Lipinski definition) is 7. The van der Waals surface area contributed by atoms with Crippen LogP contribution in [0.25, 0.3) is 0 Å². The molecule has 0 radical (unpaired) electrons. The van der Waals surface area contributed by atoms with Crippen LogP contribution in [0.4, 0.5) is 11.4 Å². The van der Waals surface area contributed by atoms with Crippen LogP contribution in [-0.4, -0.2) is 62.6 Å². The van der Waals surface area contributed by atoms with Gasteiger partial charge in [0.15, 0.2) is 5.71 Å². The van der Waals surface area contributed by atoms with Crippen LogP contribution in [0.5, 0.6) is 0 Å². The monoisotopic (exact) mass is 420 g/mol. The molecule has 2 aromatic carbocycles. The van der Waals surface area contributed by atoms with E-state index in [0.29, 0.717) is 11.4 Å². The van der Waals surface area contributed by atoms with Gasteiger partial charge in [-0.05, 0) is 42.5 Å². The summed E-state index contributed by atoms with van der Waals surface area (Å²) in [5.74, 6) is -0.568. The van der Waals surface area contributed by atoms with Crippen LogP contribution in [-0.2, 0) is 24.9 Å². The van der Waals surface area contributed by atoms with Crippen molar-refractivity contribution in [2.45, 2.75) is 9.79 Å². The van der Waals surface area contributed by atoms with Crippen molar-refractivity contribution in [2.75, 3.05) is 10.7 Å². The topological polar surface area (TPSA) is 168 Å². The van der Waals surface area contributed by atoms with Gasteiger partial charge in [0.05, 0.1) is 21.2 Å². The molecule has 1 aliphatic rings. The molecule has 13 heteroatoms. The molecule has 1 aliphatic heterocycles. The van der Waals surface area contributed by atoms with Gasteiger partial charge >= 0.3 is 29.6 Å². The molecule has 5 N–H and O–H groups in total. The summed E-state index contributed by atoms with van der Waals surface area (Å²) in [5, 5.41) is 11.4. The minimum absolute atomic E-state index is 0. The Hall–Kier alpha value is -1.80. The first-order valence-corrected chi connectivity index (χ1v) is 9.94. The third-order valence-corrected chi connectivity index (χ3v) is 5.27. The molecular weight excluding hydrogens is 407 g/mol. The average molecular weight is 420 g/mol. The van der Waals surface area contributed by atoms with Crippen LogP contribution < -0.4 is 15.9 Å². The number of amides is 1. The summed E-state index contributed by atoms with van der Waals surface area (Å²) in [6, 6.07) is 8.91. The van der Waals surface area contributed by atoms with Crippen molar-refractivity contribution < 1.29 is 26.2 Å². The number of benzene rings is 2. The molecule has 2 aromatic rings. The van der Waals surface area contributed by atoms with Crippen molar-refractivity contribution in [2.24, 2.45) is 10.2 Å². The summed E-state index contributed by atoms with van der Waals surface area (Å²) >= 11 is 0. The Labute approximate surface area is 176 Å². The Morgan fingerprint density at radius 1 is 1.00 bits per heavy atom. The van der Waals surface area contributed by atoms with Crippen molar-refractivity contribution in [1.82, 2.24) is 0 Å². The van der Waals surface area contributed by atoms with E-state index in [1.54, 1.807) is 0 Å². The molecule has 0 spiro atoms. The summed E-state index contributed by atoms with van der Waals surface area (Å²) in [5.41, 5.74) is 3.38. The zero-order chi connectivity index (χ0) is 19.1. The number of nitrogens with one attached hydrogen (secondary N) is 2.